The maximum Gasteiger partial charge on any atom is 0.306 e. The highest BCUT2D eigenvalue weighted by Gasteiger charge is 2.19. The number of amides is 1. The van der Waals surface area contributed by atoms with Crippen LogP contribution in [-0.2, 0) is 4.79 Å². The molecule has 5 nitrogen and oxygen atoms in total. The lowest BCUT2D eigenvalue weighted by atomic mass is 10.1. The predicted molar refractivity (Wildman–Crippen MR) is 74.7 cm³/mol. The molecule has 0 bridgehead atoms. The van der Waals surface area contributed by atoms with E-state index in [9.17, 15) is 14.0 Å². The molecule has 1 aromatic carbocycles. The van der Waals surface area contributed by atoms with Gasteiger partial charge in [-0.15, -0.1) is 0 Å². The van der Waals surface area contributed by atoms with Gasteiger partial charge >= 0.3 is 5.97 Å². The van der Waals surface area contributed by atoms with Crippen molar-refractivity contribution in [3.05, 3.63) is 35.3 Å². The highest BCUT2D eigenvalue weighted by molar-refractivity contribution is 5.99. The SMILES string of the molecule is Cc1c(C(=O)NCCC(C)C(=O)O)oc2c(F)cccc12. The van der Waals surface area contributed by atoms with Crippen molar-refractivity contribution in [1.29, 1.82) is 0 Å². The molecule has 0 radical (unpaired) electrons. The van der Waals surface area contributed by atoms with E-state index in [0.717, 1.165) is 0 Å². The monoisotopic (exact) mass is 293 g/mol. The number of para-hydroxylation sites is 1. The van der Waals surface area contributed by atoms with E-state index in [4.69, 9.17) is 9.52 Å². The molecular weight excluding hydrogens is 277 g/mol. The summed E-state index contributed by atoms with van der Waals surface area (Å²) in [4.78, 5) is 22.7. The van der Waals surface area contributed by atoms with Gasteiger partial charge in [-0.1, -0.05) is 19.1 Å². The lowest BCUT2D eigenvalue weighted by molar-refractivity contribution is -0.141. The summed E-state index contributed by atoms with van der Waals surface area (Å²) in [5, 5.41) is 11.9. The number of halogens is 1. The van der Waals surface area contributed by atoms with Crippen LogP contribution in [0.15, 0.2) is 22.6 Å². The van der Waals surface area contributed by atoms with E-state index in [1.807, 2.05) is 0 Å². The molecule has 0 saturated carbocycles. The maximum absolute atomic E-state index is 13.6. The Morgan fingerprint density at radius 3 is 2.76 bits per heavy atom. The third-order valence-corrected chi connectivity index (χ3v) is 3.41. The second-order valence-electron chi connectivity index (χ2n) is 4.96. The van der Waals surface area contributed by atoms with Crippen LogP contribution in [0.2, 0.25) is 0 Å². The molecule has 6 heteroatoms. The summed E-state index contributed by atoms with van der Waals surface area (Å²) in [6.45, 7) is 3.46. The Bertz CT molecular complexity index is 692. The molecule has 0 spiro atoms. The Morgan fingerprint density at radius 1 is 1.43 bits per heavy atom. The average Bonchev–Trinajstić information content (AvgIpc) is 2.77. The molecule has 2 rings (SSSR count). The summed E-state index contributed by atoms with van der Waals surface area (Å²) in [5.41, 5.74) is 0.618. The van der Waals surface area contributed by atoms with E-state index < -0.39 is 23.6 Å². The number of fused-ring (bicyclic) bond motifs is 1. The first-order valence-electron chi connectivity index (χ1n) is 6.60. The van der Waals surface area contributed by atoms with Crippen molar-refractivity contribution in [3.63, 3.8) is 0 Å². The summed E-state index contributed by atoms with van der Waals surface area (Å²) >= 11 is 0. The standard InChI is InChI=1S/C15H16FNO4/c1-8(15(19)20)6-7-17-14(18)12-9(2)10-4-3-5-11(16)13(10)21-12/h3-5,8H,6-7H2,1-2H3,(H,17,18)(H,19,20). The van der Waals surface area contributed by atoms with Gasteiger partial charge in [0.05, 0.1) is 5.92 Å². The largest absolute Gasteiger partial charge is 0.481 e. The molecule has 112 valence electrons. The zero-order chi connectivity index (χ0) is 15.6. The fourth-order valence-electron chi connectivity index (χ4n) is 2.03. The first kappa shape index (κ1) is 15.0. The van der Waals surface area contributed by atoms with Crippen LogP contribution in [0, 0.1) is 18.7 Å². The van der Waals surface area contributed by atoms with Crippen LogP contribution >= 0.6 is 0 Å². The van der Waals surface area contributed by atoms with Gasteiger partial charge in [-0.25, -0.2) is 4.39 Å². The Kier molecular flexibility index (Phi) is 4.26. The summed E-state index contributed by atoms with van der Waals surface area (Å²) in [6.07, 6.45) is 0.314. The molecule has 1 heterocycles. The van der Waals surface area contributed by atoms with E-state index in [-0.39, 0.29) is 17.9 Å². The maximum atomic E-state index is 13.6. The summed E-state index contributed by atoms with van der Waals surface area (Å²) in [7, 11) is 0. The number of rotatable bonds is 5. The topological polar surface area (TPSA) is 79.5 Å². The second kappa shape index (κ2) is 5.95. The van der Waals surface area contributed by atoms with Crippen LogP contribution in [0.1, 0.15) is 29.5 Å². The van der Waals surface area contributed by atoms with Crippen LogP contribution in [-0.4, -0.2) is 23.5 Å². The number of carboxylic acid groups (broad SMARTS) is 1. The van der Waals surface area contributed by atoms with Gasteiger partial charge in [0.25, 0.3) is 5.91 Å². The van der Waals surface area contributed by atoms with Crippen molar-refractivity contribution in [1.82, 2.24) is 5.32 Å². The van der Waals surface area contributed by atoms with Crippen molar-refractivity contribution in [2.24, 2.45) is 5.92 Å². The quantitative estimate of drug-likeness (QED) is 0.888. The number of hydrogen-bond acceptors (Lipinski definition) is 3. The fraction of sp³-hybridized carbons (Fsp3) is 0.333. The Balaban J connectivity index is 2.11. The molecule has 0 saturated heterocycles. The van der Waals surface area contributed by atoms with Crippen molar-refractivity contribution >= 4 is 22.8 Å². The summed E-state index contributed by atoms with van der Waals surface area (Å²) in [5.74, 6) is -2.39. The highest BCUT2D eigenvalue weighted by Crippen LogP contribution is 2.27. The molecule has 0 fully saturated rings. The van der Waals surface area contributed by atoms with Crippen LogP contribution in [0.5, 0.6) is 0 Å². The first-order valence-corrected chi connectivity index (χ1v) is 6.60. The van der Waals surface area contributed by atoms with Crippen LogP contribution < -0.4 is 5.32 Å². The van der Waals surface area contributed by atoms with Gasteiger partial charge in [-0.05, 0) is 19.4 Å². The van der Waals surface area contributed by atoms with Crippen molar-refractivity contribution < 1.29 is 23.5 Å². The predicted octanol–water partition coefficient (Wildman–Crippen LogP) is 2.72. The van der Waals surface area contributed by atoms with Gasteiger partial charge in [-0.3, -0.25) is 9.59 Å². The number of nitrogens with one attached hydrogen (secondary N) is 1. The Labute approximate surface area is 120 Å². The lowest BCUT2D eigenvalue weighted by Crippen LogP contribution is -2.27. The van der Waals surface area contributed by atoms with Gasteiger partial charge in [0.15, 0.2) is 17.2 Å². The molecule has 0 aliphatic rings. The average molecular weight is 293 g/mol. The smallest absolute Gasteiger partial charge is 0.306 e. The number of carboxylic acids is 1. The normalized spacial score (nSPS) is 12.3. The molecule has 1 aromatic heterocycles. The summed E-state index contributed by atoms with van der Waals surface area (Å²) in [6, 6.07) is 4.50. The van der Waals surface area contributed by atoms with Crippen molar-refractivity contribution in [3.8, 4) is 0 Å². The first-order chi connectivity index (χ1) is 9.91. The van der Waals surface area contributed by atoms with Crippen LogP contribution in [0.4, 0.5) is 4.39 Å². The lowest BCUT2D eigenvalue weighted by Gasteiger charge is -2.06. The van der Waals surface area contributed by atoms with Crippen molar-refractivity contribution in [2.45, 2.75) is 20.3 Å². The minimum atomic E-state index is -0.911. The second-order valence-corrected chi connectivity index (χ2v) is 4.96. The van der Waals surface area contributed by atoms with Gasteiger partial charge in [0.1, 0.15) is 0 Å². The highest BCUT2D eigenvalue weighted by atomic mass is 19.1. The number of carbonyl (C=O) groups is 2. The van der Waals surface area contributed by atoms with E-state index in [1.54, 1.807) is 26.0 Å². The molecule has 1 unspecified atom stereocenters. The van der Waals surface area contributed by atoms with Gasteiger partial charge < -0.3 is 14.8 Å². The van der Waals surface area contributed by atoms with E-state index in [2.05, 4.69) is 5.32 Å². The van der Waals surface area contributed by atoms with Crippen LogP contribution in [0.25, 0.3) is 11.0 Å². The number of furan rings is 1. The zero-order valence-electron chi connectivity index (χ0n) is 11.8. The number of hydrogen-bond donors (Lipinski definition) is 2. The van der Waals surface area contributed by atoms with E-state index >= 15 is 0 Å². The van der Waals surface area contributed by atoms with Gasteiger partial charge in [0.2, 0.25) is 0 Å². The van der Waals surface area contributed by atoms with Gasteiger partial charge in [0, 0.05) is 17.5 Å². The molecule has 0 aliphatic heterocycles. The summed E-state index contributed by atoms with van der Waals surface area (Å²) < 4.78 is 18.9. The fourth-order valence-corrected chi connectivity index (χ4v) is 2.03. The van der Waals surface area contributed by atoms with E-state index in [1.165, 1.54) is 6.07 Å². The molecule has 2 aromatic rings. The van der Waals surface area contributed by atoms with E-state index in [0.29, 0.717) is 17.4 Å². The number of aliphatic carboxylic acids is 1. The zero-order valence-corrected chi connectivity index (χ0v) is 11.8. The minimum absolute atomic E-state index is 0.0538. The molecule has 1 amide bonds. The van der Waals surface area contributed by atoms with Gasteiger partial charge in [-0.2, -0.15) is 0 Å². The third kappa shape index (κ3) is 3.04. The molecular formula is C15H16FNO4. The number of carbonyl (C=O) groups excluding carboxylic acids is 1. The Hall–Kier alpha value is -2.37. The molecule has 1 atom stereocenters. The molecule has 21 heavy (non-hydrogen) atoms. The molecule has 2 N–H and O–H groups in total. The minimum Gasteiger partial charge on any atom is -0.481 e. The number of aryl methyl sites for hydroxylation is 1. The molecule has 0 aliphatic carbocycles. The van der Waals surface area contributed by atoms with Crippen LogP contribution in [0.3, 0.4) is 0 Å². The third-order valence-electron chi connectivity index (χ3n) is 3.41. The van der Waals surface area contributed by atoms with Crippen molar-refractivity contribution in [2.75, 3.05) is 6.54 Å². The number of benzene rings is 1. The Morgan fingerprint density at radius 2 is 2.14 bits per heavy atom.